The lowest BCUT2D eigenvalue weighted by molar-refractivity contribution is 0.513. The van der Waals surface area contributed by atoms with Crippen LogP contribution in [0.15, 0.2) is 30.3 Å². The molecule has 0 amide bonds. The largest absolute Gasteiger partial charge is 0.359 e. The fourth-order valence-electron chi connectivity index (χ4n) is 2.11. The Bertz CT molecular complexity index is 385. The van der Waals surface area contributed by atoms with Crippen molar-refractivity contribution in [3.05, 3.63) is 35.9 Å². The van der Waals surface area contributed by atoms with Crippen molar-refractivity contribution in [1.29, 1.82) is 0 Å². The molecular weight excluding hydrogens is 244 g/mol. The van der Waals surface area contributed by atoms with E-state index in [0.29, 0.717) is 23.2 Å². The van der Waals surface area contributed by atoms with E-state index in [2.05, 4.69) is 47.5 Å². The first kappa shape index (κ1) is 13.3. The predicted molar refractivity (Wildman–Crippen MR) is 78.0 cm³/mol. The maximum atomic E-state index is 5.32. The molecule has 1 heterocycles. The maximum absolute atomic E-state index is 5.32. The summed E-state index contributed by atoms with van der Waals surface area (Å²) < 4.78 is 0. The number of hydrogen-bond donors (Lipinski definition) is 4. The summed E-state index contributed by atoms with van der Waals surface area (Å²) in [5.74, 6) is 0. The molecule has 0 radical (unpaired) electrons. The van der Waals surface area contributed by atoms with Crippen molar-refractivity contribution >= 4 is 17.3 Å². The zero-order chi connectivity index (χ0) is 13.0. The van der Waals surface area contributed by atoms with Gasteiger partial charge in [-0.2, -0.15) is 0 Å². The quantitative estimate of drug-likeness (QED) is 0.611. The Kier molecular flexibility index (Phi) is 4.52. The van der Waals surface area contributed by atoms with E-state index < -0.39 is 0 Å². The van der Waals surface area contributed by atoms with E-state index in [1.165, 1.54) is 5.56 Å². The van der Waals surface area contributed by atoms with Crippen LogP contribution < -0.4 is 21.5 Å². The van der Waals surface area contributed by atoms with E-state index in [1.807, 2.05) is 18.2 Å². The van der Waals surface area contributed by atoms with Gasteiger partial charge in [-0.15, -0.1) is 0 Å². The molecule has 1 aromatic rings. The van der Waals surface area contributed by atoms with Gasteiger partial charge in [-0.25, -0.2) is 0 Å². The highest BCUT2D eigenvalue weighted by molar-refractivity contribution is 7.80. The second-order valence-electron chi connectivity index (χ2n) is 4.70. The molecule has 0 aromatic heterocycles. The second kappa shape index (κ2) is 6.13. The normalized spacial score (nSPS) is 26.9. The lowest BCUT2D eigenvalue weighted by Gasteiger charge is -2.21. The summed E-state index contributed by atoms with van der Waals surface area (Å²) in [5.41, 5.74) is 7.62. The van der Waals surface area contributed by atoms with Gasteiger partial charge in [0.15, 0.2) is 5.11 Å². The van der Waals surface area contributed by atoms with Gasteiger partial charge in [0, 0.05) is 18.6 Å². The summed E-state index contributed by atoms with van der Waals surface area (Å²) in [5, 5.41) is 7.28. The molecule has 4 nitrogen and oxygen atoms in total. The Balaban J connectivity index is 1.79. The Hall–Kier alpha value is -1.17. The summed E-state index contributed by atoms with van der Waals surface area (Å²) in [6.45, 7) is 5.02. The Labute approximate surface area is 114 Å². The van der Waals surface area contributed by atoms with Gasteiger partial charge in [0.1, 0.15) is 0 Å². The third kappa shape index (κ3) is 3.41. The summed E-state index contributed by atoms with van der Waals surface area (Å²) in [6, 6.07) is 11.3. The van der Waals surface area contributed by atoms with Crippen molar-refractivity contribution in [2.75, 3.05) is 0 Å². The van der Waals surface area contributed by atoms with Crippen molar-refractivity contribution in [3.63, 3.8) is 0 Å². The van der Waals surface area contributed by atoms with Crippen LogP contribution in [0.3, 0.4) is 0 Å². The molecule has 0 bridgehead atoms. The third-order valence-electron chi connectivity index (χ3n) is 3.21. The minimum absolute atomic E-state index is 0.306. The first-order valence-electron chi connectivity index (χ1n) is 6.26. The second-order valence-corrected chi connectivity index (χ2v) is 5.11. The minimum atomic E-state index is 0.306. The van der Waals surface area contributed by atoms with Crippen LogP contribution in [0.2, 0.25) is 0 Å². The molecule has 0 aliphatic carbocycles. The highest BCUT2D eigenvalue weighted by Gasteiger charge is 2.29. The molecular formula is C13H20N4S. The van der Waals surface area contributed by atoms with Crippen LogP contribution in [0, 0.1) is 0 Å². The first-order valence-corrected chi connectivity index (χ1v) is 6.67. The van der Waals surface area contributed by atoms with Gasteiger partial charge in [0.05, 0.1) is 6.04 Å². The molecule has 1 fully saturated rings. The highest BCUT2D eigenvalue weighted by Crippen LogP contribution is 2.05. The van der Waals surface area contributed by atoms with E-state index in [9.17, 15) is 0 Å². The Morgan fingerprint density at radius 2 is 1.78 bits per heavy atom. The van der Waals surface area contributed by atoms with Crippen LogP contribution in [0.4, 0.5) is 0 Å². The van der Waals surface area contributed by atoms with Gasteiger partial charge in [0.2, 0.25) is 0 Å². The number of rotatable bonds is 3. The van der Waals surface area contributed by atoms with Crippen molar-refractivity contribution in [1.82, 2.24) is 21.5 Å². The summed E-state index contributed by atoms with van der Waals surface area (Å²) in [6.07, 6.45) is 0. The molecule has 5 heteroatoms. The molecule has 98 valence electrons. The van der Waals surface area contributed by atoms with Crippen LogP contribution in [-0.4, -0.2) is 23.2 Å². The van der Waals surface area contributed by atoms with Crippen LogP contribution in [-0.2, 0) is 6.54 Å². The Morgan fingerprint density at radius 3 is 2.39 bits per heavy atom. The molecule has 0 spiro atoms. The van der Waals surface area contributed by atoms with Crippen molar-refractivity contribution in [2.24, 2.45) is 0 Å². The molecule has 1 aliphatic rings. The SMILES string of the molecule is CC1NNC(C)C1NC(=S)NCc1ccccc1. The number of hydrogen-bond acceptors (Lipinski definition) is 3. The average Bonchev–Trinajstić information content (AvgIpc) is 2.69. The fourth-order valence-corrected chi connectivity index (χ4v) is 2.31. The monoisotopic (exact) mass is 264 g/mol. The molecule has 2 rings (SSSR count). The zero-order valence-electron chi connectivity index (χ0n) is 10.7. The van der Waals surface area contributed by atoms with Gasteiger partial charge < -0.3 is 10.6 Å². The zero-order valence-corrected chi connectivity index (χ0v) is 11.6. The molecule has 2 unspecified atom stereocenters. The predicted octanol–water partition coefficient (Wildman–Crippen LogP) is 0.904. The minimum Gasteiger partial charge on any atom is -0.359 e. The van der Waals surface area contributed by atoms with Crippen molar-refractivity contribution in [3.8, 4) is 0 Å². The van der Waals surface area contributed by atoms with E-state index >= 15 is 0 Å². The maximum Gasteiger partial charge on any atom is 0.166 e. The summed E-state index contributed by atoms with van der Waals surface area (Å²) in [7, 11) is 0. The van der Waals surface area contributed by atoms with E-state index in [4.69, 9.17) is 12.2 Å². The highest BCUT2D eigenvalue weighted by atomic mass is 32.1. The van der Waals surface area contributed by atoms with Gasteiger partial charge in [-0.3, -0.25) is 10.9 Å². The smallest absolute Gasteiger partial charge is 0.166 e. The first-order chi connectivity index (χ1) is 8.66. The molecule has 2 atom stereocenters. The van der Waals surface area contributed by atoms with E-state index in [1.54, 1.807) is 0 Å². The van der Waals surface area contributed by atoms with Crippen LogP contribution in [0.5, 0.6) is 0 Å². The molecule has 0 saturated carbocycles. The van der Waals surface area contributed by atoms with Gasteiger partial charge >= 0.3 is 0 Å². The van der Waals surface area contributed by atoms with Crippen molar-refractivity contribution < 1.29 is 0 Å². The molecule has 1 aliphatic heterocycles. The van der Waals surface area contributed by atoms with Crippen LogP contribution in [0.1, 0.15) is 19.4 Å². The fraction of sp³-hybridized carbons (Fsp3) is 0.462. The average molecular weight is 264 g/mol. The van der Waals surface area contributed by atoms with Gasteiger partial charge in [0.25, 0.3) is 0 Å². The lowest BCUT2D eigenvalue weighted by Crippen LogP contribution is -2.49. The standard InChI is InChI=1S/C13H20N4S/c1-9-12(10(2)17-16-9)15-13(18)14-8-11-6-4-3-5-7-11/h3-7,9-10,12,16-17H,8H2,1-2H3,(H2,14,15,18). The topological polar surface area (TPSA) is 48.1 Å². The molecule has 18 heavy (non-hydrogen) atoms. The van der Waals surface area contributed by atoms with Gasteiger partial charge in [-0.1, -0.05) is 30.3 Å². The number of thiocarbonyl (C=S) groups is 1. The Morgan fingerprint density at radius 1 is 1.17 bits per heavy atom. The molecule has 4 N–H and O–H groups in total. The van der Waals surface area contributed by atoms with Crippen LogP contribution >= 0.6 is 12.2 Å². The lowest BCUT2D eigenvalue weighted by atomic mass is 10.1. The third-order valence-corrected chi connectivity index (χ3v) is 3.47. The summed E-state index contributed by atoms with van der Waals surface area (Å²) >= 11 is 5.32. The number of nitrogens with one attached hydrogen (secondary N) is 4. The van der Waals surface area contributed by atoms with E-state index in [-0.39, 0.29) is 0 Å². The van der Waals surface area contributed by atoms with Crippen LogP contribution in [0.25, 0.3) is 0 Å². The number of hydrazine groups is 1. The van der Waals surface area contributed by atoms with Crippen molar-refractivity contribution in [2.45, 2.75) is 38.5 Å². The van der Waals surface area contributed by atoms with E-state index in [0.717, 1.165) is 6.54 Å². The molecule has 1 saturated heterocycles. The summed E-state index contributed by atoms with van der Waals surface area (Å²) in [4.78, 5) is 0. The number of benzene rings is 1. The molecule has 1 aromatic carbocycles. The van der Waals surface area contributed by atoms with Gasteiger partial charge in [-0.05, 0) is 31.6 Å².